The molecule has 0 unspecified atom stereocenters. The number of hydrogen-bond donors (Lipinski definition) is 1. The van der Waals surface area contributed by atoms with Gasteiger partial charge in [0.2, 0.25) is 11.8 Å². The van der Waals surface area contributed by atoms with Crippen LogP contribution >= 0.6 is 15.9 Å². The SMILES string of the molecule is COc1ccc2nnc(CCCC(=O)Nc3cccc(Br)c3)n2n1. The third kappa shape index (κ3) is 3.88. The minimum atomic E-state index is -0.0348. The Bertz CT molecular complexity index is 865. The average Bonchev–Trinajstić information content (AvgIpc) is 2.97. The minimum Gasteiger partial charge on any atom is -0.480 e. The zero-order chi connectivity index (χ0) is 16.9. The first-order valence-corrected chi connectivity index (χ1v) is 8.26. The Morgan fingerprint density at radius 3 is 2.96 bits per heavy atom. The maximum absolute atomic E-state index is 12.0. The molecule has 8 heteroatoms. The number of aromatic nitrogens is 4. The summed E-state index contributed by atoms with van der Waals surface area (Å²) in [6.45, 7) is 0. The third-order valence-electron chi connectivity index (χ3n) is 3.42. The van der Waals surface area contributed by atoms with Crippen molar-refractivity contribution < 1.29 is 9.53 Å². The van der Waals surface area contributed by atoms with Gasteiger partial charge in [0.1, 0.15) is 0 Å². The van der Waals surface area contributed by atoms with Crippen LogP contribution in [0.1, 0.15) is 18.7 Å². The molecule has 24 heavy (non-hydrogen) atoms. The van der Waals surface area contributed by atoms with Gasteiger partial charge in [0.15, 0.2) is 11.5 Å². The Labute approximate surface area is 147 Å². The van der Waals surface area contributed by atoms with E-state index in [1.165, 1.54) is 0 Å². The van der Waals surface area contributed by atoms with Crippen LogP contribution in [0.25, 0.3) is 5.65 Å². The quantitative estimate of drug-likeness (QED) is 0.700. The summed E-state index contributed by atoms with van der Waals surface area (Å²) >= 11 is 3.38. The van der Waals surface area contributed by atoms with Gasteiger partial charge in [-0.25, -0.2) is 0 Å². The number of rotatable bonds is 6. The van der Waals surface area contributed by atoms with Crippen molar-refractivity contribution >= 4 is 33.2 Å². The zero-order valence-electron chi connectivity index (χ0n) is 13.1. The summed E-state index contributed by atoms with van der Waals surface area (Å²) in [6, 6.07) is 11.0. The number of halogens is 1. The Morgan fingerprint density at radius 2 is 2.17 bits per heavy atom. The van der Waals surface area contributed by atoms with Crippen LogP contribution in [0.3, 0.4) is 0 Å². The molecule has 0 aliphatic rings. The van der Waals surface area contributed by atoms with Gasteiger partial charge >= 0.3 is 0 Å². The molecule has 0 aliphatic heterocycles. The summed E-state index contributed by atoms with van der Waals surface area (Å²) in [5.41, 5.74) is 1.43. The lowest BCUT2D eigenvalue weighted by atomic mass is 10.2. The Morgan fingerprint density at radius 1 is 1.29 bits per heavy atom. The van der Waals surface area contributed by atoms with Gasteiger partial charge in [0, 0.05) is 29.1 Å². The molecular formula is C16H16BrN5O2. The summed E-state index contributed by atoms with van der Waals surface area (Å²) < 4.78 is 7.68. The molecule has 2 aromatic heterocycles. The van der Waals surface area contributed by atoms with Gasteiger partial charge in [-0.15, -0.1) is 15.3 Å². The number of amides is 1. The van der Waals surface area contributed by atoms with Gasteiger partial charge in [0.05, 0.1) is 7.11 Å². The smallest absolute Gasteiger partial charge is 0.231 e. The average molecular weight is 390 g/mol. The fourth-order valence-electron chi connectivity index (χ4n) is 2.28. The van der Waals surface area contributed by atoms with E-state index in [-0.39, 0.29) is 5.91 Å². The van der Waals surface area contributed by atoms with E-state index in [0.29, 0.717) is 36.6 Å². The molecule has 0 saturated heterocycles. The van der Waals surface area contributed by atoms with E-state index >= 15 is 0 Å². The normalized spacial score (nSPS) is 10.8. The van der Waals surface area contributed by atoms with Crippen molar-refractivity contribution in [2.75, 3.05) is 12.4 Å². The lowest BCUT2D eigenvalue weighted by molar-refractivity contribution is -0.116. The molecule has 0 radical (unpaired) electrons. The van der Waals surface area contributed by atoms with Crippen LogP contribution < -0.4 is 10.1 Å². The van der Waals surface area contributed by atoms with Crippen LogP contribution in [-0.4, -0.2) is 32.8 Å². The predicted octanol–water partition coefficient (Wildman–Crippen LogP) is 2.86. The van der Waals surface area contributed by atoms with E-state index in [1.807, 2.05) is 24.3 Å². The van der Waals surface area contributed by atoms with E-state index in [0.717, 1.165) is 10.2 Å². The summed E-state index contributed by atoms with van der Waals surface area (Å²) in [4.78, 5) is 12.0. The molecule has 0 saturated carbocycles. The Kier molecular flexibility index (Phi) is 5.05. The highest BCUT2D eigenvalue weighted by molar-refractivity contribution is 9.10. The molecule has 1 amide bonds. The first kappa shape index (κ1) is 16.4. The molecule has 1 aromatic carbocycles. The van der Waals surface area contributed by atoms with Gasteiger partial charge < -0.3 is 10.1 Å². The van der Waals surface area contributed by atoms with Gasteiger partial charge in [0.25, 0.3) is 0 Å². The van der Waals surface area contributed by atoms with Crippen LogP contribution in [0.2, 0.25) is 0 Å². The second kappa shape index (κ2) is 7.39. The number of benzene rings is 1. The molecule has 3 aromatic rings. The highest BCUT2D eigenvalue weighted by Crippen LogP contribution is 2.16. The van der Waals surface area contributed by atoms with Crippen LogP contribution in [0.5, 0.6) is 5.88 Å². The molecule has 0 bridgehead atoms. The first-order valence-electron chi connectivity index (χ1n) is 7.46. The highest BCUT2D eigenvalue weighted by Gasteiger charge is 2.09. The fourth-order valence-corrected chi connectivity index (χ4v) is 2.68. The number of nitrogens with one attached hydrogen (secondary N) is 1. The van der Waals surface area contributed by atoms with Gasteiger partial charge in [-0.1, -0.05) is 22.0 Å². The number of anilines is 1. The molecule has 0 spiro atoms. The molecule has 3 rings (SSSR count). The molecule has 0 fully saturated rings. The van der Waals surface area contributed by atoms with Crippen LogP contribution in [0.15, 0.2) is 40.9 Å². The summed E-state index contributed by atoms with van der Waals surface area (Å²) in [5.74, 6) is 1.17. The lowest BCUT2D eigenvalue weighted by Gasteiger charge is -2.05. The number of carbonyl (C=O) groups is 1. The summed E-state index contributed by atoms with van der Waals surface area (Å²) in [5, 5.41) is 15.3. The van der Waals surface area contributed by atoms with Crippen LogP contribution in [0.4, 0.5) is 5.69 Å². The highest BCUT2D eigenvalue weighted by atomic mass is 79.9. The maximum atomic E-state index is 12.0. The van der Waals surface area contributed by atoms with Crippen molar-refractivity contribution in [3.63, 3.8) is 0 Å². The van der Waals surface area contributed by atoms with E-state index in [2.05, 4.69) is 36.5 Å². The van der Waals surface area contributed by atoms with Crippen molar-refractivity contribution in [1.82, 2.24) is 19.8 Å². The molecule has 2 heterocycles. The molecule has 7 nitrogen and oxygen atoms in total. The van der Waals surface area contributed by atoms with E-state index < -0.39 is 0 Å². The Hall–Kier alpha value is -2.48. The van der Waals surface area contributed by atoms with Crippen molar-refractivity contribution in [3.05, 3.63) is 46.7 Å². The minimum absolute atomic E-state index is 0.0348. The molecular weight excluding hydrogens is 374 g/mol. The van der Waals surface area contributed by atoms with E-state index in [1.54, 1.807) is 23.8 Å². The number of aryl methyl sites for hydroxylation is 1. The number of nitrogens with zero attached hydrogens (tertiary/aromatic N) is 4. The van der Waals surface area contributed by atoms with Crippen molar-refractivity contribution in [1.29, 1.82) is 0 Å². The van der Waals surface area contributed by atoms with Crippen LogP contribution in [0, 0.1) is 0 Å². The number of ether oxygens (including phenoxy) is 1. The topological polar surface area (TPSA) is 81.4 Å². The summed E-state index contributed by atoms with van der Waals surface area (Å²) in [7, 11) is 1.56. The van der Waals surface area contributed by atoms with Crippen molar-refractivity contribution in [3.8, 4) is 5.88 Å². The molecule has 124 valence electrons. The zero-order valence-corrected chi connectivity index (χ0v) is 14.7. The van der Waals surface area contributed by atoms with Crippen LogP contribution in [-0.2, 0) is 11.2 Å². The Balaban J connectivity index is 1.57. The van der Waals surface area contributed by atoms with E-state index in [9.17, 15) is 4.79 Å². The van der Waals surface area contributed by atoms with Crippen molar-refractivity contribution in [2.45, 2.75) is 19.3 Å². The van der Waals surface area contributed by atoms with Gasteiger partial charge in [-0.3, -0.25) is 4.79 Å². The number of carbonyl (C=O) groups excluding carboxylic acids is 1. The monoisotopic (exact) mass is 389 g/mol. The fraction of sp³-hybridized carbons (Fsp3) is 0.250. The molecule has 0 aliphatic carbocycles. The molecule has 0 atom stereocenters. The molecule has 1 N–H and O–H groups in total. The maximum Gasteiger partial charge on any atom is 0.231 e. The number of methoxy groups -OCH3 is 1. The van der Waals surface area contributed by atoms with Gasteiger partial charge in [-0.05, 0) is 30.7 Å². The van der Waals surface area contributed by atoms with Crippen molar-refractivity contribution in [2.24, 2.45) is 0 Å². The largest absolute Gasteiger partial charge is 0.480 e. The number of fused-ring (bicyclic) bond motifs is 1. The van der Waals surface area contributed by atoms with Gasteiger partial charge in [-0.2, -0.15) is 4.52 Å². The predicted molar refractivity (Wildman–Crippen MR) is 93.0 cm³/mol. The third-order valence-corrected chi connectivity index (χ3v) is 3.92. The first-order chi connectivity index (χ1) is 11.7. The second-order valence-corrected chi connectivity index (χ2v) is 6.09. The lowest BCUT2D eigenvalue weighted by Crippen LogP contribution is -2.12. The summed E-state index contributed by atoms with van der Waals surface area (Å²) in [6.07, 6.45) is 1.65. The number of hydrogen-bond acceptors (Lipinski definition) is 5. The standard InChI is InChI=1S/C16H16BrN5O2/c1-24-16-9-8-14-20-19-13(22(14)21-16)6-3-7-15(23)18-12-5-2-4-11(17)10-12/h2,4-5,8-10H,3,6-7H2,1H3,(H,18,23). The second-order valence-electron chi connectivity index (χ2n) is 5.17. The van der Waals surface area contributed by atoms with E-state index in [4.69, 9.17) is 4.74 Å².